The molecule has 0 aliphatic heterocycles. The van der Waals surface area contributed by atoms with Crippen LogP contribution in [-0.4, -0.2) is 17.3 Å². The van der Waals surface area contributed by atoms with Crippen molar-refractivity contribution in [3.8, 4) is 0 Å². The first-order chi connectivity index (χ1) is 9.47. The van der Waals surface area contributed by atoms with E-state index >= 15 is 0 Å². The van der Waals surface area contributed by atoms with Gasteiger partial charge in [0.25, 0.3) is 0 Å². The molecule has 1 saturated carbocycles. The molecule has 0 bridgehead atoms. The SMILES string of the molecule is CCOC1(C(O)c2cc(F)cc(F)c2)CCCC(C)C1. The summed E-state index contributed by atoms with van der Waals surface area (Å²) in [6.07, 6.45) is 2.47. The van der Waals surface area contributed by atoms with Crippen LogP contribution in [0.25, 0.3) is 0 Å². The lowest BCUT2D eigenvalue weighted by Gasteiger charge is -2.43. The van der Waals surface area contributed by atoms with Gasteiger partial charge in [-0.2, -0.15) is 0 Å². The lowest BCUT2D eigenvalue weighted by molar-refractivity contribution is -0.150. The van der Waals surface area contributed by atoms with Gasteiger partial charge in [-0.25, -0.2) is 8.78 Å². The summed E-state index contributed by atoms with van der Waals surface area (Å²) in [4.78, 5) is 0. The number of ether oxygens (including phenoxy) is 1. The number of aliphatic hydroxyl groups excluding tert-OH is 1. The highest BCUT2D eigenvalue weighted by molar-refractivity contribution is 5.23. The smallest absolute Gasteiger partial charge is 0.126 e. The van der Waals surface area contributed by atoms with Gasteiger partial charge in [0.2, 0.25) is 0 Å². The van der Waals surface area contributed by atoms with Crippen LogP contribution in [0.1, 0.15) is 51.2 Å². The Kier molecular flexibility index (Phi) is 4.76. The zero-order chi connectivity index (χ0) is 14.8. The van der Waals surface area contributed by atoms with Crippen LogP contribution in [0.4, 0.5) is 8.78 Å². The van der Waals surface area contributed by atoms with Crippen molar-refractivity contribution >= 4 is 0 Å². The maximum Gasteiger partial charge on any atom is 0.126 e. The molecule has 2 rings (SSSR count). The summed E-state index contributed by atoms with van der Waals surface area (Å²) in [6, 6.07) is 3.19. The summed E-state index contributed by atoms with van der Waals surface area (Å²) in [6.45, 7) is 4.47. The molecule has 0 heterocycles. The number of aliphatic hydroxyl groups is 1. The molecule has 3 unspecified atom stereocenters. The van der Waals surface area contributed by atoms with Crippen molar-refractivity contribution in [1.29, 1.82) is 0 Å². The summed E-state index contributed by atoms with van der Waals surface area (Å²) in [5.74, 6) is -0.910. The van der Waals surface area contributed by atoms with E-state index in [4.69, 9.17) is 4.74 Å². The van der Waals surface area contributed by atoms with Crippen molar-refractivity contribution in [1.82, 2.24) is 0 Å². The van der Waals surface area contributed by atoms with Gasteiger partial charge in [0.05, 0.1) is 5.60 Å². The third-order valence-electron chi connectivity index (χ3n) is 4.12. The second-order valence-corrected chi connectivity index (χ2v) is 5.80. The third-order valence-corrected chi connectivity index (χ3v) is 4.12. The molecular weight excluding hydrogens is 262 g/mol. The maximum atomic E-state index is 13.4. The Morgan fingerprint density at radius 2 is 2.00 bits per heavy atom. The molecule has 0 aromatic heterocycles. The predicted molar refractivity (Wildman–Crippen MR) is 73.3 cm³/mol. The summed E-state index contributed by atoms with van der Waals surface area (Å²) >= 11 is 0. The molecule has 0 spiro atoms. The number of rotatable bonds is 4. The molecule has 0 amide bonds. The molecule has 1 aliphatic rings. The minimum absolute atomic E-state index is 0.255. The molecule has 0 saturated heterocycles. The zero-order valence-electron chi connectivity index (χ0n) is 12.0. The van der Waals surface area contributed by atoms with Gasteiger partial charge in [0.1, 0.15) is 17.7 Å². The van der Waals surface area contributed by atoms with Gasteiger partial charge in [-0.05, 0) is 43.4 Å². The standard InChI is InChI=1S/C16H22F2O2/c1-3-20-16(6-4-5-11(2)10-16)15(19)12-7-13(17)9-14(18)8-12/h7-9,11,15,19H,3-6,10H2,1-2H3. The van der Waals surface area contributed by atoms with Crippen molar-refractivity contribution in [2.45, 2.75) is 51.2 Å². The molecular formula is C16H22F2O2. The minimum atomic E-state index is -1.00. The van der Waals surface area contributed by atoms with Gasteiger partial charge in [0, 0.05) is 12.7 Å². The second-order valence-electron chi connectivity index (χ2n) is 5.80. The van der Waals surface area contributed by atoms with Crippen LogP contribution in [0.15, 0.2) is 18.2 Å². The molecule has 1 aliphatic carbocycles. The van der Waals surface area contributed by atoms with E-state index in [1.165, 1.54) is 12.1 Å². The molecule has 1 aromatic rings. The quantitative estimate of drug-likeness (QED) is 0.906. The van der Waals surface area contributed by atoms with Gasteiger partial charge in [-0.3, -0.25) is 0 Å². The van der Waals surface area contributed by atoms with Gasteiger partial charge >= 0.3 is 0 Å². The van der Waals surface area contributed by atoms with Crippen LogP contribution >= 0.6 is 0 Å². The van der Waals surface area contributed by atoms with Crippen LogP contribution in [0.3, 0.4) is 0 Å². The maximum absolute atomic E-state index is 13.4. The Bertz CT molecular complexity index is 440. The van der Waals surface area contributed by atoms with Gasteiger partial charge in [-0.1, -0.05) is 19.8 Å². The number of benzene rings is 1. The van der Waals surface area contributed by atoms with Crippen LogP contribution in [0.2, 0.25) is 0 Å². The van der Waals surface area contributed by atoms with Crippen LogP contribution in [-0.2, 0) is 4.74 Å². The average Bonchev–Trinajstić information content (AvgIpc) is 2.37. The summed E-state index contributed by atoms with van der Waals surface area (Å²) in [5, 5.41) is 10.6. The van der Waals surface area contributed by atoms with E-state index in [0.29, 0.717) is 25.4 Å². The van der Waals surface area contributed by atoms with Gasteiger partial charge in [-0.15, -0.1) is 0 Å². The van der Waals surface area contributed by atoms with Crippen molar-refractivity contribution < 1.29 is 18.6 Å². The Morgan fingerprint density at radius 1 is 1.35 bits per heavy atom. The summed E-state index contributed by atoms with van der Waals surface area (Å²) in [5.41, 5.74) is -0.475. The minimum Gasteiger partial charge on any atom is -0.385 e. The van der Waals surface area contributed by atoms with E-state index in [-0.39, 0.29) is 5.56 Å². The Hall–Kier alpha value is -1.00. The highest BCUT2D eigenvalue weighted by Crippen LogP contribution is 2.43. The van der Waals surface area contributed by atoms with Crippen molar-refractivity contribution in [2.24, 2.45) is 5.92 Å². The molecule has 20 heavy (non-hydrogen) atoms. The van der Waals surface area contributed by atoms with Gasteiger partial charge in [0.15, 0.2) is 0 Å². The molecule has 4 heteroatoms. The fourth-order valence-electron chi connectivity index (χ4n) is 3.33. The lowest BCUT2D eigenvalue weighted by atomic mass is 9.74. The Labute approximate surface area is 118 Å². The summed E-state index contributed by atoms with van der Waals surface area (Å²) in [7, 11) is 0. The molecule has 0 radical (unpaired) electrons. The normalized spacial score (nSPS) is 28.4. The molecule has 2 nitrogen and oxygen atoms in total. The Morgan fingerprint density at radius 3 is 2.55 bits per heavy atom. The van der Waals surface area contributed by atoms with E-state index < -0.39 is 23.3 Å². The first-order valence-corrected chi connectivity index (χ1v) is 7.25. The number of halogens is 2. The Balaban J connectivity index is 2.32. The second kappa shape index (κ2) is 6.19. The molecule has 1 aromatic carbocycles. The number of hydrogen-bond donors (Lipinski definition) is 1. The topological polar surface area (TPSA) is 29.5 Å². The van der Waals surface area contributed by atoms with Crippen molar-refractivity contribution in [2.75, 3.05) is 6.61 Å². The van der Waals surface area contributed by atoms with E-state index in [0.717, 1.165) is 18.9 Å². The van der Waals surface area contributed by atoms with E-state index in [1.807, 2.05) is 6.92 Å². The van der Waals surface area contributed by atoms with E-state index in [9.17, 15) is 13.9 Å². The fraction of sp³-hybridized carbons (Fsp3) is 0.625. The highest BCUT2D eigenvalue weighted by atomic mass is 19.1. The van der Waals surface area contributed by atoms with E-state index in [2.05, 4.69) is 6.92 Å². The van der Waals surface area contributed by atoms with Crippen LogP contribution in [0, 0.1) is 17.6 Å². The first-order valence-electron chi connectivity index (χ1n) is 7.25. The molecule has 3 atom stereocenters. The first kappa shape index (κ1) is 15.4. The van der Waals surface area contributed by atoms with Crippen molar-refractivity contribution in [3.05, 3.63) is 35.4 Å². The largest absolute Gasteiger partial charge is 0.385 e. The summed E-state index contributed by atoms with van der Waals surface area (Å²) < 4.78 is 32.5. The van der Waals surface area contributed by atoms with Crippen molar-refractivity contribution in [3.63, 3.8) is 0 Å². The van der Waals surface area contributed by atoms with Crippen LogP contribution in [0.5, 0.6) is 0 Å². The predicted octanol–water partition coefficient (Wildman–Crippen LogP) is 3.98. The molecule has 1 fully saturated rings. The zero-order valence-corrected chi connectivity index (χ0v) is 12.0. The molecule has 112 valence electrons. The van der Waals surface area contributed by atoms with Crippen LogP contribution < -0.4 is 0 Å². The third kappa shape index (κ3) is 3.18. The fourth-order valence-corrected chi connectivity index (χ4v) is 3.33. The highest BCUT2D eigenvalue weighted by Gasteiger charge is 2.43. The average molecular weight is 284 g/mol. The number of hydrogen-bond acceptors (Lipinski definition) is 2. The monoisotopic (exact) mass is 284 g/mol. The van der Waals surface area contributed by atoms with Gasteiger partial charge < -0.3 is 9.84 Å². The lowest BCUT2D eigenvalue weighted by Crippen LogP contribution is -2.43. The van der Waals surface area contributed by atoms with E-state index in [1.54, 1.807) is 0 Å². The molecule has 1 N–H and O–H groups in total.